The Morgan fingerprint density at radius 2 is 1.67 bits per heavy atom. The highest BCUT2D eigenvalue weighted by atomic mass is 19.1. The van der Waals surface area contributed by atoms with Crippen molar-refractivity contribution in [3.8, 4) is 5.75 Å². The minimum absolute atomic E-state index is 0.270. The fourth-order valence-electron chi connectivity index (χ4n) is 4.33. The van der Waals surface area contributed by atoms with E-state index in [4.69, 9.17) is 4.74 Å². The number of hydrogen-bond donors (Lipinski definition) is 2. The van der Waals surface area contributed by atoms with E-state index in [0.29, 0.717) is 5.75 Å². The van der Waals surface area contributed by atoms with Gasteiger partial charge in [0, 0.05) is 35.5 Å². The number of carbonyl (C=O) groups excluding carboxylic acids is 2. The van der Waals surface area contributed by atoms with Crippen molar-refractivity contribution in [3.05, 3.63) is 95.3 Å². The van der Waals surface area contributed by atoms with Crippen LogP contribution in [0.5, 0.6) is 5.75 Å². The fourth-order valence-corrected chi connectivity index (χ4v) is 4.33. The Balaban J connectivity index is 1.67. The van der Waals surface area contributed by atoms with E-state index in [1.807, 2.05) is 54.7 Å². The minimum Gasteiger partial charge on any atom is -0.497 e. The number of halogens is 1. The van der Waals surface area contributed by atoms with E-state index in [1.165, 1.54) is 24.3 Å². The summed E-state index contributed by atoms with van der Waals surface area (Å²) in [7, 11) is 1.59. The van der Waals surface area contributed by atoms with Gasteiger partial charge in [-0.15, -0.1) is 10.1 Å². The summed E-state index contributed by atoms with van der Waals surface area (Å²) >= 11 is 0. The molecule has 0 spiro atoms. The molecule has 8 heteroatoms. The zero-order valence-electron chi connectivity index (χ0n) is 20.6. The average molecular weight is 490 g/mol. The second-order valence-electron chi connectivity index (χ2n) is 8.45. The van der Waals surface area contributed by atoms with Crippen LogP contribution in [0.3, 0.4) is 0 Å². The van der Waals surface area contributed by atoms with Gasteiger partial charge in [-0.1, -0.05) is 0 Å². The maximum atomic E-state index is 13.3. The highest BCUT2D eigenvalue weighted by molar-refractivity contribution is 5.98. The molecular weight excluding hydrogens is 459 g/mol. The van der Waals surface area contributed by atoms with Crippen molar-refractivity contribution in [1.29, 1.82) is 0 Å². The van der Waals surface area contributed by atoms with E-state index in [1.54, 1.807) is 11.8 Å². The number of benzene rings is 3. The molecule has 186 valence electrons. The number of carbonyl (C=O) groups is 2. The van der Waals surface area contributed by atoms with Crippen LogP contribution in [0.2, 0.25) is 0 Å². The van der Waals surface area contributed by atoms with Crippen LogP contribution in [-0.4, -0.2) is 49.0 Å². The molecule has 0 aromatic heterocycles. The number of amides is 2. The molecule has 1 fully saturated rings. The van der Waals surface area contributed by atoms with Crippen LogP contribution in [0.4, 0.5) is 10.1 Å². The summed E-state index contributed by atoms with van der Waals surface area (Å²) in [6.07, 6.45) is 1.85. The summed E-state index contributed by atoms with van der Waals surface area (Å²) in [6, 6.07) is 19.3. The SMILES string of the molecule is CCN(CC)c1ccc(/C=[N+]2\NC(=O)[C@@H](NC(=O)c3ccc(F)cc3)[C@@H]2c2ccc(OC)cc2)cc1. The second kappa shape index (κ2) is 11.0. The van der Waals surface area contributed by atoms with E-state index < -0.39 is 23.8 Å². The zero-order valence-corrected chi connectivity index (χ0v) is 20.6. The van der Waals surface area contributed by atoms with Gasteiger partial charge in [-0.05, 0) is 86.6 Å². The number of methoxy groups -OCH3 is 1. The predicted molar refractivity (Wildman–Crippen MR) is 137 cm³/mol. The monoisotopic (exact) mass is 489 g/mol. The van der Waals surface area contributed by atoms with Crippen molar-refractivity contribution in [1.82, 2.24) is 10.7 Å². The van der Waals surface area contributed by atoms with Crippen LogP contribution in [0.25, 0.3) is 0 Å². The van der Waals surface area contributed by atoms with Crippen LogP contribution in [0, 0.1) is 5.82 Å². The third kappa shape index (κ3) is 5.38. The Bertz CT molecular complexity index is 1240. The van der Waals surface area contributed by atoms with Gasteiger partial charge in [0.25, 0.3) is 5.91 Å². The van der Waals surface area contributed by atoms with Gasteiger partial charge in [0.2, 0.25) is 12.3 Å². The lowest BCUT2D eigenvalue weighted by Gasteiger charge is -2.20. The molecule has 0 bridgehead atoms. The van der Waals surface area contributed by atoms with Gasteiger partial charge in [0.1, 0.15) is 11.6 Å². The molecule has 0 saturated carbocycles. The Hall–Kier alpha value is -4.20. The van der Waals surface area contributed by atoms with Crippen molar-refractivity contribution < 1.29 is 23.4 Å². The lowest BCUT2D eigenvalue weighted by Crippen LogP contribution is -2.42. The van der Waals surface area contributed by atoms with Crippen LogP contribution in [0.15, 0.2) is 72.8 Å². The van der Waals surface area contributed by atoms with Gasteiger partial charge in [-0.2, -0.15) is 0 Å². The first-order chi connectivity index (χ1) is 17.4. The van der Waals surface area contributed by atoms with Crippen molar-refractivity contribution in [2.24, 2.45) is 0 Å². The molecule has 0 unspecified atom stereocenters. The molecule has 2 atom stereocenters. The molecule has 0 aliphatic carbocycles. The number of ether oxygens (including phenoxy) is 1. The maximum Gasteiger partial charge on any atom is 0.304 e. The number of nitrogens with one attached hydrogen (secondary N) is 2. The maximum absolute atomic E-state index is 13.3. The van der Waals surface area contributed by atoms with Crippen molar-refractivity contribution in [2.75, 3.05) is 25.1 Å². The van der Waals surface area contributed by atoms with Crippen molar-refractivity contribution in [2.45, 2.75) is 25.9 Å². The topological polar surface area (TPSA) is 73.7 Å². The molecule has 1 aliphatic heterocycles. The summed E-state index contributed by atoms with van der Waals surface area (Å²) in [5.41, 5.74) is 5.98. The Morgan fingerprint density at radius 1 is 1.03 bits per heavy atom. The standard InChI is InChI=1S/C28H29FN4O3/c1-4-32(5-2)23-14-6-19(7-15-23)18-33-26(20-10-16-24(36-3)17-11-20)25(28(35)31-33)30-27(34)21-8-12-22(29)13-9-21/h6-18,25-26H,4-5H2,1-3H3,(H-,30,31,34,35)/p+1/t25-,26-/m0/s1. The van der Waals surface area contributed by atoms with Crippen molar-refractivity contribution in [3.63, 3.8) is 0 Å². The van der Waals surface area contributed by atoms with E-state index in [0.717, 1.165) is 29.9 Å². The lowest BCUT2D eigenvalue weighted by molar-refractivity contribution is -0.596. The molecule has 0 radical (unpaired) electrons. The van der Waals surface area contributed by atoms with Gasteiger partial charge in [-0.3, -0.25) is 9.59 Å². The van der Waals surface area contributed by atoms with Crippen LogP contribution < -0.4 is 20.4 Å². The molecule has 1 saturated heterocycles. The van der Waals surface area contributed by atoms with Crippen LogP contribution >= 0.6 is 0 Å². The van der Waals surface area contributed by atoms with Gasteiger partial charge in [-0.25, -0.2) is 4.39 Å². The number of anilines is 1. The third-order valence-corrected chi connectivity index (χ3v) is 6.30. The summed E-state index contributed by atoms with van der Waals surface area (Å²) < 4.78 is 20.3. The molecule has 7 nitrogen and oxygen atoms in total. The highest BCUT2D eigenvalue weighted by Crippen LogP contribution is 2.27. The number of hydrogen-bond acceptors (Lipinski definition) is 4. The number of hydrazone groups is 1. The highest BCUT2D eigenvalue weighted by Gasteiger charge is 2.47. The lowest BCUT2D eigenvalue weighted by atomic mass is 9.99. The van der Waals surface area contributed by atoms with Gasteiger partial charge < -0.3 is 15.0 Å². The van der Waals surface area contributed by atoms with E-state index in [-0.39, 0.29) is 11.5 Å². The molecule has 2 N–H and O–H groups in total. The quantitative estimate of drug-likeness (QED) is 0.474. The first kappa shape index (κ1) is 24.9. The summed E-state index contributed by atoms with van der Waals surface area (Å²) in [4.78, 5) is 28.2. The predicted octanol–water partition coefficient (Wildman–Crippen LogP) is 3.70. The van der Waals surface area contributed by atoms with Gasteiger partial charge >= 0.3 is 5.91 Å². The second-order valence-corrected chi connectivity index (χ2v) is 8.45. The Kier molecular flexibility index (Phi) is 7.63. The van der Waals surface area contributed by atoms with E-state index in [9.17, 15) is 14.0 Å². The summed E-state index contributed by atoms with van der Waals surface area (Å²) in [5.74, 6) is -0.555. The molecule has 2 amide bonds. The summed E-state index contributed by atoms with van der Waals surface area (Å²) in [5, 5.41) is 2.82. The Morgan fingerprint density at radius 3 is 2.25 bits per heavy atom. The van der Waals surface area contributed by atoms with E-state index >= 15 is 0 Å². The fraction of sp³-hybridized carbons (Fsp3) is 0.250. The number of rotatable bonds is 8. The molecule has 4 rings (SSSR count). The Labute approximate surface area is 210 Å². The summed E-state index contributed by atoms with van der Waals surface area (Å²) in [6.45, 7) is 6.06. The number of nitrogens with zero attached hydrogens (tertiary/aromatic N) is 2. The normalized spacial score (nSPS) is 18.1. The molecule has 1 heterocycles. The minimum atomic E-state index is -0.873. The largest absolute Gasteiger partial charge is 0.497 e. The smallest absolute Gasteiger partial charge is 0.304 e. The zero-order chi connectivity index (χ0) is 25.7. The first-order valence-corrected chi connectivity index (χ1v) is 11.9. The van der Waals surface area contributed by atoms with Crippen LogP contribution in [-0.2, 0) is 4.79 Å². The first-order valence-electron chi connectivity index (χ1n) is 11.9. The van der Waals surface area contributed by atoms with Gasteiger partial charge in [0.05, 0.1) is 7.11 Å². The van der Waals surface area contributed by atoms with E-state index in [2.05, 4.69) is 29.5 Å². The average Bonchev–Trinajstić information content (AvgIpc) is 3.20. The third-order valence-electron chi connectivity index (χ3n) is 6.30. The number of hydrazine groups is 1. The van der Waals surface area contributed by atoms with Gasteiger partial charge in [0.15, 0.2) is 6.04 Å². The molecular formula is C28H30FN4O3+. The van der Waals surface area contributed by atoms with Crippen LogP contribution in [0.1, 0.15) is 41.4 Å². The van der Waals surface area contributed by atoms with Crippen molar-refractivity contribution >= 4 is 23.7 Å². The molecule has 36 heavy (non-hydrogen) atoms. The molecule has 3 aromatic rings. The molecule has 1 aliphatic rings. The molecule has 3 aromatic carbocycles.